The van der Waals surface area contributed by atoms with Crippen molar-refractivity contribution >= 4 is 21.9 Å². The molecule has 5 heterocycles. The third-order valence-electron chi connectivity index (χ3n) is 6.06. The highest BCUT2D eigenvalue weighted by Gasteiger charge is 2.17. The number of pyridine rings is 3. The van der Waals surface area contributed by atoms with Crippen molar-refractivity contribution in [1.29, 1.82) is 0 Å². The number of hydrogen-bond donors (Lipinski definition) is 3. The quantitative estimate of drug-likeness (QED) is 0.304. The van der Waals surface area contributed by atoms with Crippen molar-refractivity contribution in [3.63, 3.8) is 0 Å². The van der Waals surface area contributed by atoms with Crippen molar-refractivity contribution in [3.05, 3.63) is 84.7 Å². The van der Waals surface area contributed by atoms with E-state index in [0.717, 1.165) is 57.5 Å². The number of nitrogens with zero attached hydrogens (tertiary/aromatic N) is 4. The second-order valence-corrected chi connectivity index (χ2v) is 8.34. The van der Waals surface area contributed by atoms with Gasteiger partial charge in [0.25, 0.3) is 0 Å². The molecule has 0 spiro atoms. The van der Waals surface area contributed by atoms with E-state index in [2.05, 4.69) is 54.5 Å². The van der Waals surface area contributed by atoms with Gasteiger partial charge in [0, 0.05) is 64.3 Å². The Morgan fingerprint density at radius 1 is 0.914 bits per heavy atom. The van der Waals surface area contributed by atoms with Gasteiger partial charge in [-0.15, -0.1) is 0 Å². The highest BCUT2D eigenvalue weighted by molar-refractivity contribution is 6.00. The first-order valence-electron chi connectivity index (χ1n) is 11.4. The number of rotatable bonds is 6. The molecule has 6 aromatic rings. The minimum absolute atomic E-state index is 0.306. The predicted octanol–water partition coefficient (Wildman–Crippen LogP) is 5.48. The van der Waals surface area contributed by atoms with Crippen LogP contribution in [-0.2, 0) is 6.54 Å². The first-order chi connectivity index (χ1) is 17.2. The van der Waals surface area contributed by atoms with E-state index in [9.17, 15) is 4.39 Å². The Morgan fingerprint density at radius 3 is 2.69 bits per heavy atom. The third kappa shape index (κ3) is 3.83. The average molecular weight is 464 g/mol. The second-order valence-electron chi connectivity index (χ2n) is 8.34. The molecule has 0 aliphatic carbocycles. The zero-order chi connectivity index (χ0) is 23.8. The summed E-state index contributed by atoms with van der Waals surface area (Å²) >= 11 is 0. The van der Waals surface area contributed by atoms with Crippen LogP contribution in [0.5, 0.6) is 0 Å². The second kappa shape index (κ2) is 8.73. The molecule has 35 heavy (non-hydrogen) atoms. The molecule has 1 aromatic carbocycles. The van der Waals surface area contributed by atoms with Crippen molar-refractivity contribution in [2.24, 2.45) is 0 Å². The van der Waals surface area contributed by atoms with E-state index in [1.165, 1.54) is 6.07 Å². The molecule has 8 heteroatoms. The van der Waals surface area contributed by atoms with Crippen LogP contribution in [-0.4, -0.2) is 36.7 Å². The van der Waals surface area contributed by atoms with Crippen molar-refractivity contribution in [3.8, 4) is 33.8 Å². The Labute approximate surface area is 200 Å². The number of nitrogens with one attached hydrogen (secondary N) is 3. The Balaban J connectivity index is 1.45. The number of halogens is 1. The topological polar surface area (TPSA) is 95.2 Å². The molecular weight excluding hydrogens is 441 g/mol. The van der Waals surface area contributed by atoms with Crippen LogP contribution in [0.1, 0.15) is 12.5 Å². The summed E-state index contributed by atoms with van der Waals surface area (Å²) in [6.45, 7) is 3.74. The molecule has 5 aromatic heterocycles. The summed E-state index contributed by atoms with van der Waals surface area (Å²) in [5, 5.41) is 12.6. The summed E-state index contributed by atoms with van der Waals surface area (Å²) in [6.07, 6.45) is 7.21. The lowest BCUT2D eigenvalue weighted by atomic mass is 10.1. The number of H-pyrrole nitrogens is 2. The summed E-state index contributed by atoms with van der Waals surface area (Å²) in [5.74, 6) is -0.306. The number of fused-ring (bicyclic) bond motifs is 2. The molecule has 0 amide bonds. The highest BCUT2D eigenvalue weighted by Crippen LogP contribution is 2.34. The predicted molar refractivity (Wildman–Crippen MR) is 135 cm³/mol. The van der Waals surface area contributed by atoms with Gasteiger partial charge in [-0.25, -0.2) is 9.37 Å². The molecule has 0 saturated heterocycles. The molecule has 3 N–H and O–H groups in total. The van der Waals surface area contributed by atoms with Crippen LogP contribution in [0, 0.1) is 5.82 Å². The summed E-state index contributed by atoms with van der Waals surface area (Å²) in [6, 6.07) is 14.7. The maximum absolute atomic E-state index is 14.5. The minimum atomic E-state index is -0.306. The summed E-state index contributed by atoms with van der Waals surface area (Å²) < 4.78 is 14.5. The van der Waals surface area contributed by atoms with Crippen molar-refractivity contribution in [2.75, 3.05) is 6.54 Å². The molecule has 0 bridgehead atoms. The molecule has 7 nitrogen and oxygen atoms in total. The maximum atomic E-state index is 14.5. The average Bonchev–Trinajstić information content (AvgIpc) is 3.51. The summed E-state index contributed by atoms with van der Waals surface area (Å²) in [4.78, 5) is 16.9. The van der Waals surface area contributed by atoms with Crippen LogP contribution in [0.25, 0.3) is 55.7 Å². The Morgan fingerprint density at radius 2 is 1.80 bits per heavy atom. The number of hydrogen-bond acceptors (Lipinski definition) is 5. The van der Waals surface area contributed by atoms with Gasteiger partial charge in [-0.1, -0.05) is 19.1 Å². The van der Waals surface area contributed by atoms with E-state index in [4.69, 9.17) is 0 Å². The van der Waals surface area contributed by atoms with Gasteiger partial charge in [0.15, 0.2) is 5.65 Å². The fraction of sp³-hybridized carbons (Fsp3) is 0.111. The monoisotopic (exact) mass is 463 g/mol. The normalized spacial score (nSPS) is 11.5. The number of aromatic amines is 2. The Kier molecular flexibility index (Phi) is 5.27. The lowest BCUT2D eigenvalue weighted by Crippen LogP contribution is -2.11. The SMILES string of the molecule is CCNCc1cncc(-c2cnc3[nH]nc(-c4cc5c(-c6ccccc6F)nccc5[nH]4)c3c2)c1. The molecule has 0 fully saturated rings. The highest BCUT2D eigenvalue weighted by atomic mass is 19.1. The minimum Gasteiger partial charge on any atom is -0.353 e. The fourth-order valence-corrected chi connectivity index (χ4v) is 4.33. The van der Waals surface area contributed by atoms with Gasteiger partial charge in [0.05, 0.1) is 11.4 Å². The van der Waals surface area contributed by atoms with Gasteiger partial charge in [-0.2, -0.15) is 5.10 Å². The lowest BCUT2D eigenvalue weighted by Gasteiger charge is -2.06. The molecule has 0 unspecified atom stereocenters. The van der Waals surface area contributed by atoms with Gasteiger partial charge in [0.2, 0.25) is 0 Å². The fourth-order valence-electron chi connectivity index (χ4n) is 4.33. The van der Waals surface area contributed by atoms with Crippen molar-refractivity contribution in [2.45, 2.75) is 13.5 Å². The van der Waals surface area contributed by atoms with Gasteiger partial charge < -0.3 is 10.3 Å². The molecular formula is C27H22FN7. The molecule has 172 valence electrons. The molecule has 0 aliphatic heterocycles. The summed E-state index contributed by atoms with van der Waals surface area (Å²) in [5.41, 5.74) is 7.19. The van der Waals surface area contributed by atoms with Crippen LogP contribution in [0.2, 0.25) is 0 Å². The molecule has 0 aliphatic rings. The van der Waals surface area contributed by atoms with Crippen molar-refractivity contribution in [1.82, 2.24) is 35.5 Å². The van der Waals surface area contributed by atoms with Crippen LogP contribution in [0.3, 0.4) is 0 Å². The van der Waals surface area contributed by atoms with Gasteiger partial charge >= 0.3 is 0 Å². The first kappa shape index (κ1) is 21.1. The van der Waals surface area contributed by atoms with Crippen LogP contribution < -0.4 is 5.32 Å². The zero-order valence-electron chi connectivity index (χ0n) is 19.0. The largest absolute Gasteiger partial charge is 0.353 e. The van der Waals surface area contributed by atoms with E-state index in [1.54, 1.807) is 18.3 Å². The standard InChI is InChI=1S/C27H22FN7/c1-2-29-12-16-9-17(14-30-13-16)18-10-21-26(34-35-27(21)32-15-18)24-11-20-23(33-24)7-8-31-25(20)19-5-3-4-6-22(19)28/h3-11,13-15,29,33H,2,12H2,1H3,(H,32,34,35). The zero-order valence-corrected chi connectivity index (χ0v) is 19.0. The van der Waals surface area contributed by atoms with Crippen molar-refractivity contribution < 1.29 is 4.39 Å². The van der Waals surface area contributed by atoms with E-state index in [0.29, 0.717) is 16.9 Å². The smallest absolute Gasteiger partial charge is 0.155 e. The van der Waals surface area contributed by atoms with Gasteiger partial charge in [-0.3, -0.25) is 15.1 Å². The number of benzene rings is 1. The van der Waals surface area contributed by atoms with E-state index in [-0.39, 0.29) is 5.82 Å². The molecule has 6 rings (SSSR count). The summed E-state index contributed by atoms with van der Waals surface area (Å²) in [7, 11) is 0. The Hall–Kier alpha value is -4.43. The Bertz CT molecular complexity index is 1670. The van der Waals surface area contributed by atoms with E-state index < -0.39 is 0 Å². The maximum Gasteiger partial charge on any atom is 0.155 e. The van der Waals surface area contributed by atoms with E-state index in [1.807, 2.05) is 36.8 Å². The lowest BCUT2D eigenvalue weighted by molar-refractivity contribution is 0.631. The first-order valence-corrected chi connectivity index (χ1v) is 11.4. The van der Waals surface area contributed by atoms with Gasteiger partial charge in [0.1, 0.15) is 11.5 Å². The van der Waals surface area contributed by atoms with E-state index >= 15 is 0 Å². The van der Waals surface area contributed by atoms with Crippen LogP contribution in [0.4, 0.5) is 4.39 Å². The van der Waals surface area contributed by atoms with Crippen LogP contribution >= 0.6 is 0 Å². The van der Waals surface area contributed by atoms with Crippen LogP contribution in [0.15, 0.2) is 73.3 Å². The molecule has 0 atom stereocenters. The third-order valence-corrected chi connectivity index (χ3v) is 6.06. The molecule has 0 saturated carbocycles. The molecule has 0 radical (unpaired) electrons. The van der Waals surface area contributed by atoms with Gasteiger partial charge in [-0.05, 0) is 48.5 Å². The number of aromatic nitrogens is 6.